The SMILES string of the molecule is FC1(c2ccc(I)cc2)CNC1. The van der Waals surface area contributed by atoms with Gasteiger partial charge in [-0.1, -0.05) is 12.1 Å². The van der Waals surface area contributed by atoms with Crippen molar-refractivity contribution in [3.8, 4) is 0 Å². The fourth-order valence-corrected chi connectivity index (χ4v) is 1.66. The van der Waals surface area contributed by atoms with E-state index in [-0.39, 0.29) is 0 Å². The van der Waals surface area contributed by atoms with Gasteiger partial charge in [0.2, 0.25) is 0 Å². The molecule has 0 aromatic heterocycles. The first-order chi connectivity index (χ1) is 5.71. The van der Waals surface area contributed by atoms with Gasteiger partial charge in [0.25, 0.3) is 0 Å². The molecule has 0 bridgehead atoms. The van der Waals surface area contributed by atoms with Crippen molar-refractivity contribution in [3.05, 3.63) is 33.4 Å². The Kier molecular flexibility index (Phi) is 2.08. The molecule has 12 heavy (non-hydrogen) atoms. The third-order valence-electron chi connectivity index (χ3n) is 2.17. The predicted octanol–water partition coefficient (Wildman–Crippen LogP) is 2.06. The highest BCUT2D eigenvalue weighted by Crippen LogP contribution is 2.29. The minimum absolute atomic E-state index is 0.452. The Balaban J connectivity index is 2.28. The van der Waals surface area contributed by atoms with Gasteiger partial charge >= 0.3 is 0 Å². The largest absolute Gasteiger partial charge is 0.310 e. The number of halogens is 2. The van der Waals surface area contributed by atoms with Crippen molar-refractivity contribution in [3.63, 3.8) is 0 Å². The van der Waals surface area contributed by atoms with E-state index < -0.39 is 5.67 Å². The fraction of sp³-hybridized carbons (Fsp3) is 0.333. The Morgan fingerprint density at radius 3 is 2.25 bits per heavy atom. The third kappa shape index (κ3) is 1.35. The van der Waals surface area contributed by atoms with E-state index in [1.165, 1.54) is 0 Å². The average Bonchev–Trinajstić information content (AvgIpc) is 2.02. The van der Waals surface area contributed by atoms with E-state index in [1.807, 2.05) is 24.3 Å². The molecular formula is C9H9FIN. The molecule has 0 spiro atoms. The van der Waals surface area contributed by atoms with Crippen LogP contribution >= 0.6 is 22.6 Å². The molecule has 0 atom stereocenters. The van der Waals surface area contributed by atoms with Crippen molar-refractivity contribution in [2.45, 2.75) is 5.67 Å². The number of rotatable bonds is 1. The normalized spacial score (nSPS) is 20.2. The van der Waals surface area contributed by atoms with Crippen molar-refractivity contribution in [1.82, 2.24) is 5.32 Å². The molecule has 2 rings (SSSR count). The standard InChI is InChI=1S/C9H9FIN/c10-9(5-12-6-9)7-1-3-8(11)4-2-7/h1-4,12H,5-6H2. The Labute approximate surface area is 84.5 Å². The van der Waals surface area contributed by atoms with Gasteiger partial charge in [0.1, 0.15) is 0 Å². The lowest BCUT2D eigenvalue weighted by Crippen LogP contribution is -2.53. The lowest BCUT2D eigenvalue weighted by molar-refractivity contribution is 0.0891. The second-order valence-electron chi connectivity index (χ2n) is 3.08. The summed E-state index contributed by atoms with van der Waals surface area (Å²) in [6.45, 7) is 0.904. The first-order valence-electron chi connectivity index (χ1n) is 3.86. The second kappa shape index (κ2) is 2.96. The van der Waals surface area contributed by atoms with Crippen LogP contribution in [0.25, 0.3) is 0 Å². The van der Waals surface area contributed by atoms with E-state index in [2.05, 4.69) is 27.9 Å². The van der Waals surface area contributed by atoms with Crippen molar-refractivity contribution in [1.29, 1.82) is 0 Å². The van der Waals surface area contributed by atoms with Crippen LogP contribution in [0.5, 0.6) is 0 Å². The summed E-state index contributed by atoms with van der Waals surface area (Å²) < 4.78 is 14.9. The smallest absolute Gasteiger partial charge is 0.160 e. The molecule has 1 N–H and O–H groups in total. The van der Waals surface area contributed by atoms with Gasteiger partial charge in [0.15, 0.2) is 5.67 Å². The summed E-state index contributed by atoms with van der Waals surface area (Å²) in [7, 11) is 0. The van der Waals surface area contributed by atoms with Gasteiger partial charge in [0.05, 0.1) is 0 Å². The van der Waals surface area contributed by atoms with Crippen LogP contribution in [-0.4, -0.2) is 13.1 Å². The van der Waals surface area contributed by atoms with E-state index >= 15 is 0 Å². The minimum atomic E-state index is -1.11. The molecule has 0 radical (unpaired) electrons. The Hall–Kier alpha value is -0.160. The summed E-state index contributed by atoms with van der Waals surface area (Å²) >= 11 is 2.22. The summed E-state index contributed by atoms with van der Waals surface area (Å²) in [6.07, 6.45) is 0. The maximum absolute atomic E-state index is 13.7. The second-order valence-corrected chi connectivity index (χ2v) is 4.32. The zero-order chi connectivity index (χ0) is 8.60. The predicted molar refractivity (Wildman–Crippen MR) is 54.8 cm³/mol. The lowest BCUT2D eigenvalue weighted by Gasteiger charge is -2.35. The number of hydrogen-bond donors (Lipinski definition) is 1. The molecule has 0 amide bonds. The number of nitrogens with one attached hydrogen (secondary N) is 1. The van der Waals surface area contributed by atoms with E-state index in [1.54, 1.807) is 0 Å². The minimum Gasteiger partial charge on any atom is -0.310 e. The number of alkyl halides is 1. The monoisotopic (exact) mass is 277 g/mol. The highest BCUT2D eigenvalue weighted by Gasteiger charge is 2.38. The number of benzene rings is 1. The lowest BCUT2D eigenvalue weighted by atomic mass is 9.90. The van der Waals surface area contributed by atoms with Crippen molar-refractivity contribution in [2.75, 3.05) is 13.1 Å². The molecule has 1 aliphatic rings. The quantitative estimate of drug-likeness (QED) is 0.775. The molecule has 0 saturated carbocycles. The van der Waals surface area contributed by atoms with Gasteiger partial charge in [-0.25, -0.2) is 4.39 Å². The molecule has 64 valence electrons. The van der Waals surface area contributed by atoms with E-state index in [0.717, 1.165) is 9.13 Å². The highest BCUT2D eigenvalue weighted by molar-refractivity contribution is 14.1. The van der Waals surface area contributed by atoms with Gasteiger partial charge in [0, 0.05) is 16.7 Å². The van der Waals surface area contributed by atoms with Gasteiger partial charge in [-0.3, -0.25) is 0 Å². The molecule has 1 nitrogen and oxygen atoms in total. The van der Waals surface area contributed by atoms with Crippen LogP contribution in [0.4, 0.5) is 4.39 Å². The van der Waals surface area contributed by atoms with Crippen molar-refractivity contribution in [2.24, 2.45) is 0 Å². The topological polar surface area (TPSA) is 12.0 Å². The van der Waals surface area contributed by atoms with Crippen LogP contribution in [0.1, 0.15) is 5.56 Å². The summed E-state index contributed by atoms with van der Waals surface area (Å²) in [5, 5.41) is 2.94. The zero-order valence-corrected chi connectivity index (χ0v) is 8.64. The zero-order valence-electron chi connectivity index (χ0n) is 6.48. The molecule has 0 unspecified atom stereocenters. The molecule has 1 heterocycles. The first-order valence-corrected chi connectivity index (χ1v) is 4.94. The average molecular weight is 277 g/mol. The van der Waals surface area contributed by atoms with Crippen LogP contribution in [-0.2, 0) is 5.67 Å². The van der Waals surface area contributed by atoms with Gasteiger partial charge < -0.3 is 5.32 Å². The van der Waals surface area contributed by atoms with Crippen LogP contribution in [0.15, 0.2) is 24.3 Å². The van der Waals surface area contributed by atoms with Gasteiger partial charge in [-0.15, -0.1) is 0 Å². The molecular weight excluding hydrogens is 268 g/mol. The van der Waals surface area contributed by atoms with Crippen LogP contribution in [0.3, 0.4) is 0 Å². The Morgan fingerprint density at radius 1 is 1.25 bits per heavy atom. The van der Waals surface area contributed by atoms with E-state index in [4.69, 9.17) is 0 Å². The molecule has 1 fully saturated rings. The van der Waals surface area contributed by atoms with Gasteiger partial charge in [-0.2, -0.15) is 0 Å². The fourth-order valence-electron chi connectivity index (χ4n) is 1.30. The van der Waals surface area contributed by atoms with Crippen molar-refractivity contribution < 1.29 is 4.39 Å². The summed E-state index contributed by atoms with van der Waals surface area (Å²) in [5.41, 5.74) is -0.314. The Morgan fingerprint density at radius 2 is 1.83 bits per heavy atom. The van der Waals surface area contributed by atoms with Crippen LogP contribution in [0, 0.1) is 3.57 Å². The van der Waals surface area contributed by atoms with Crippen LogP contribution in [0.2, 0.25) is 0 Å². The first kappa shape index (κ1) is 8.44. The molecule has 0 aliphatic carbocycles. The highest BCUT2D eigenvalue weighted by atomic mass is 127. The van der Waals surface area contributed by atoms with E-state index in [0.29, 0.717) is 13.1 Å². The molecule has 3 heteroatoms. The van der Waals surface area contributed by atoms with E-state index in [9.17, 15) is 4.39 Å². The molecule has 1 aliphatic heterocycles. The van der Waals surface area contributed by atoms with Crippen molar-refractivity contribution >= 4 is 22.6 Å². The maximum atomic E-state index is 13.7. The summed E-state index contributed by atoms with van der Waals surface area (Å²) in [5.74, 6) is 0. The summed E-state index contributed by atoms with van der Waals surface area (Å²) in [4.78, 5) is 0. The molecule has 1 saturated heterocycles. The van der Waals surface area contributed by atoms with Crippen LogP contribution < -0.4 is 5.32 Å². The summed E-state index contributed by atoms with van der Waals surface area (Å²) in [6, 6.07) is 7.61. The molecule has 1 aromatic rings. The maximum Gasteiger partial charge on any atom is 0.160 e. The number of hydrogen-bond acceptors (Lipinski definition) is 1. The Bertz CT molecular complexity index is 279. The van der Waals surface area contributed by atoms with Gasteiger partial charge in [-0.05, 0) is 40.3 Å². The third-order valence-corrected chi connectivity index (χ3v) is 2.89. The molecule has 1 aromatic carbocycles.